The average molecular weight is 368 g/mol. The molecule has 0 saturated carbocycles. The molecule has 7 nitrogen and oxygen atoms in total. The van der Waals surface area contributed by atoms with Crippen molar-refractivity contribution in [1.29, 1.82) is 0 Å². The third-order valence-electron chi connectivity index (χ3n) is 5.67. The first-order valence-electron chi connectivity index (χ1n) is 9.89. The highest BCUT2D eigenvalue weighted by Gasteiger charge is 2.27. The Morgan fingerprint density at radius 2 is 2.19 bits per heavy atom. The van der Waals surface area contributed by atoms with Crippen LogP contribution in [-0.2, 0) is 13.0 Å². The van der Waals surface area contributed by atoms with Crippen LogP contribution in [0.1, 0.15) is 71.8 Å². The number of likely N-dealkylation sites (N-methyl/N-ethyl adjacent to an activating group) is 1. The summed E-state index contributed by atoms with van der Waals surface area (Å²) >= 11 is 0. The van der Waals surface area contributed by atoms with Crippen LogP contribution in [0.2, 0.25) is 0 Å². The second-order valence-corrected chi connectivity index (χ2v) is 8.14. The first-order valence-corrected chi connectivity index (χ1v) is 9.89. The van der Waals surface area contributed by atoms with Gasteiger partial charge in [-0.15, -0.1) is 0 Å². The van der Waals surface area contributed by atoms with Gasteiger partial charge >= 0.3 is 0 Å². The number of carbonyl (C=O) groups excluding carboxylic acids is 1. The molecular formula is C20H28N6O. The fraction of sp³-hybridized carbons (Fsp3) is 0.600. The summed E-state index contributed by atoms with van der Waals surface area (Å²) in [5.74, 6) is 1.69. The Kier molecular flexibility index (Phi) is 4.95. The van der Waals surface area contributed by atoms with Gasteiger partial charge in [0.1, 0.15) is 11.5 Å². The maximum atomic E-state index is 12.8. The number of aromatic amines is 1. The normalized spacial score (nSPS) is 20.7. The third-order valence-corrected chi connectivity index (χ3v) is 5.67. The summed E-state index contributed by atoms with van der Waals surface area (Å²) in [5.41, 5.74) is 3.63. The molecule has 2 aliphatic rings. The Labute approximate surface area is 160 Å². The second-order valence-electron chi connectivity index (χ2n) is 8.14. The number of piperidine rings is 1. The van der Waals surface area contributed by atoms with Gasteiger partial charge in [0.05, 0.1) is 5.69 Å². The van der Waals surface area contributed by atoms with Crippen molar-refractivity contribution < 1.29 is 4.79 Å². The fourth-order valence-electron chi connectivity index (χ4n) is 3.98. The molecule has 0 spiro atoms. The molecule has 144 valence electrons. The van der Waals surface area contributed by atoms with E-state index in [1.807, 2.05) is 17.2 Å². The van der Waals surface area contributed by atoms with Gasteiger partial charge in [-0.1, -0.05) is 13.8 Å². The van der Waals surface area contributed by atoms with E-state index < -0.39 is 0 Å². The molecule has 4 rings (SSSR count). The lowest BCUT2D eigenvalue weighted by Crippen LogP contribution is -2.37. The summed E-state index contributed by atoms with van der Waals surface area (Å²) in [7, 11) is 2.16. The lowest BCUT2D eigenvalue weighted by molar-refractivity contribution is 0.0727. The summed E-state index contributed by atoms with van der Waals surface area (Å²) in [6.45, 7) is 7.58. The molecule has 0 radical (unpaired) electrons. The molecule has 1 atom stereocenters. The standard InChI is InChI=1S/C20H28N6O/c1-13(2)17-9-18(24-23-17)20(27)26-8-6-16-15(12-26)10-21-19(22-16)14-5-4-7-25(3)11-14/h9-10,13-14H,4-8,11-12H2,1-3H3,(H,23,24)/t14-/m0/s1. The van der Waals surface area contributed by atoms with Gasteiger partial charge in [-0.25, -0.2) is 9.97 Å². The largest absolute Gasteiger partial charge is 0.332 e. The molecule has 0 bridgehead atoms. The molecule has 1 fully saturated rings. The third kappa shape index (κ3) is 3.74. The predicted molar refractivity (Wildman–Crippen MR) is 103 cm³/mol. The van der Waals surface area contributed by atoms with Gasteiger partial charge in [0.25, 0.3) is 5.91 Å². The van der Waals surface area contributed by atoms with Crippen molar-refractivity contribution in [3.63, 3.8) is 0 Å². The number of likely N-dealkylation sites (tertiary alicyclic amines) is 1. The molecule has 2 aliphatic heterocycles. The molecular weight excluding hydrogens is 340 g/mol. The number of amides is 1. The molecule has 0 aliphatic carbocycles. The van der Waals surface area contributed by atoms with E-state index in [1.54, 1.807) is 0 Å². The topological polar surface area (TPSA) is 78.0 Å². The van der Waals surface area contributed by atoms with Gasteiger partial charge in [-0.2, -0.15) is 5.10 Å². The Hall–Kier alpha value is -2.28. The molecule has 2 aromatic rings. The molecule has 0 aromatic carbocycles. The van der Waals surface area contributed by atoms with Crippen LogP contribution >= 0.6 is 0 Å². The lowest BCUT2D eigenvalue weighted by atomic mass is 9.97. The summed E-state index contributed by atoms with van der Waals surface area (Å²) < 4.78 is 0. The summed E-state index contributed by atoms with van der Waals surface area (Å²) in [4.78, 5) is 26.5. The molecule has 4 heterocycles. The van der Waals surface area contributed by atoms with E-state index in [1.165, 1.54) is 6.42 Å². The minimum absolute atomic E-state index is 0.0261. The summed E-state index contributed by atoms with van der Waals surface area (Å²) in [5, 5.41) is 7.16. The Balaban J connectivity index is 1.47. The van der Waals surface area contributed by atoms with E-state index in [4.69, 9.17) is 4.98 Å². The summed E-state index contributed by atoms with van der Waals surface area (Å²) in [6.07, 6.45) is 5.06. The van der Waals surface area contributed by atoms with Crippen LogP contribution in [-0.4, -0.2) is 62.6 Å². The maximum Gasteiger partial charge on any atom is 0.274 e. The van der Waals surface area contributed by atoms with Gasteiger partial charge < -0.3 is 9.80 Å². The zero-order valence-electron chi connectivity index (χ0n) is 16.4. The zero-order chi connectivity index (χ0) is 19.0. The number of hydrogen-bond acceptors (Lipinski definition) is 5. The van der Waals surface area contributed by atoms with Crippen molar-refractivity contribution in [3.8, 4) is 0 Å². The minimum Gasteiger partial charge on any atom is -0.332 e. The number of rotatable bonds is 3. The number of aromatic nitrogens is 4. The number of H-pyrrole nitrogens is 1. The highest BCUT2D eigenvalue weighted by molar-refractivity contribution is 5.92. The van der Waals surface area contributed by atoms with Crippen LogP contribution in [0.25, 0.3) is 0 Å². The molecule has 1 saturated heterocycles. The van der Waals surface area contributed by atoms with Crippen LogP contribution in [0.4, 0.5) is 0 Å². The Morgan fingerprint density at radius 3 is 2.93 bits per heavy atom. The van der Waals surface area contributed by atoms with Crippen molar-refractivity contribution >= 4 is 5.91 Å². The molecule has 7 heteroatoms. The van der Waals surface area contributed by atoms with E-state index in [0.717, 1.165) is 48.7 Å². The second kappa shape index (κ2) is 7.38. The highest BCUT2D eigenvalue weighted by atomic mass is 16.2. The van der Waals surface area contributed by atoms with Crippen LogP contribution in [0, 0.1) is 0 Å². The number of carbonyl (C=O) groups is 1. The van der Waals surface area contributed by atoms with Crippen molar-refractivity contribution in [1.82, 2.24) is 30.0 Å². The molecule has 2 aromatic heterocycles. The predicted octanol–water partition coefficient (Wildman–Crippen LogP) is 2.33. The van der Waals surface area contributed by atoms with Crippen LogP contribution in [0.15, 0.2) is 12.3 Å². The average Bonchev–Trinajstić information content (AvgIpc) is 3.17. The van der Waals surface area contributed by atoms with Crippen LogP contribution < -0.4 is 0 Å². The van der Waals surface area contributed by atoms with E-state index >= 15 is 0 Å². The fourth-order valence-corrected chi connectivity index (χ4v) is 3.98. The van der Waals surface area contributed by atoms with Gasteiger partial charge in [0.15, 0.2) is 0 Å². The van der Waals surface area contributed by atoms with Gasteiger partial charge in [0.2, 0.25) is 0 Å². The number of nitrogens with one attached hydrogen (secondary N) is 1. The molecule has 27 heavy (non-hydrogen) atoms. The first-order chi connectivity index (χ1) is 13.0. The minimum atomic E-state index is -0.0261. The quantitative estimate of drug-likeness (QED) is 0.900. The number of fused-ring (bicyclic) bond motifs is 1. The molecule has 0 unspecified atom stereocenters. The van der Waals surface area contributed by atoms with E-state index in [0.29, 0.717) is 30.6 Å². The van der Waals surface area contributed by atoms with Crippen molar-refractivity contribution in [2.75, 3.05) is 26.7 Å². The Morgan fingerprint density at radius 1 is 1.33 bits per heavy atom. The van der Waals surface area contributed by atoms with Crippen molar-refractivity contribution in [3.05, 3.63) is 40.7 Å². The number of hydrogen-bond donors (Lipinski definition) is 1. The van der Waals surface area contributed by atoms with E-state index in [2.05, 4.69) is 41.0 Å². The van der Waals surface area contributed by atoms with E-state index in [9.17, 15) is 4.79 Å². The summed E-state index contributed by atoms with van der Waals surface area (Å²) in [6, 6.07) is 1.86. The molecule has 1 amide bonds. The SMILES string of the molecule is CC(C)c1cc(C(=O)N2CCc3nc([C@H]4CCCN(C)C4)ncc3C2)n[nH]1. The Bertz CT molecular complexity index is 830. The monoisotopic (exact) mass is 368 g/mol. The van der Waals surface area contributed by atoms with E-state index in [-0.39, 0.29) is 5.91 Å². The van der Waals surface area contributed by atoms with Crippen molar-refractivity contribution in [2.45, 2.75) is 51.5 Å². The van der Waals surface area contributed by atoms with Gasteiger partial charge in [0, 0.05) is 49.4 Å². The first kappa shape index (κ1) is 18.1. The smallest absolute Gasteiger partial charge is 0.274 e. The lowest BCUT2D eigenvalue weighted by Gasteiger charge is -2.30. The molecule has 1 N–H and O–H groups in total. The van der Waals surface area contributed by atoms with Gasteiger partial charge in [-0.3, -0.25) is 9.89 Å². The number of nitrogens with zero attached hydrogens (tertiary/aromatic N) is 5. The highest BCUT2D eigenvalue weighted by Crippen LogP contribution is 2.26. The van der Waals surface area contributed by atoms with Gasteiger partial charge in [-0.05, 0) is 38.4 Å². The van der Waals surface area contributed by atoms with Crippen molar-refractivity contribution in [2.24, 2.45) is 0 Å². The van der Waals surface area contributed by atoms with Crippen LogP contribution in [0.5, 0.6) is 0 Å². The van der Waals surface area contributed by atoms with Crippen LogP contribution in [0.3, 0.4) is 0 Å². The maximum absolute atomic E-state index is 12.8. The zero-order valence-corrected chi connectivity index (χ0v) is 16.4.